The standard InChI is InChI=1S/C20H26ClN3O2/c1-13-8-17(20(25)26)11-23(9-13)12-19-14(2)22-24(15(19)3)10-16-4-6-18(21)7-5-16/h4-7,13,17H,8-12H2,1-3H3,(H,25,26). The zero-order chi connectivity index (χ0) is 18.8. The first-order valence-electron chi connectivity index (χ1n) is 9.06. The summed E-state index contributed by atoms with van der Waals surface area (Å²) in [5, 5.41) is 14.8. The normalized spacial score (nSPS) is 21.1. The average molecular weight is 376 g/mol. The lowest BCUT2D eigenvalue weighted by molar-refractivity contribution is -0.144. The Hall–Kier alpha value is -1.85. The van der Waals surface area contributed by atoms with E-state index in [0.717, 1.165) is 41.5 Å². The van der Waals surface area contributed by atoms with Crippen molar-refractivity contribution < 1.29 is 9.90 Å². The first kappa shape index (κ1) is 18.9. The van der Waals surface area contributed by atoms with Crippen LogP contribution in [-0.2, 0) is 17.9 Å². The molecule has 0 amide bonds. The predicted octanol–water partition coefficient (Wildman–Crippen LogP) is 3.74. The van der Waals surface area contributed by atoms with Crippen LogP contribution >= 0.6 is 11.6 Å². The Morgan fingerprint density at radius 1 is 1.23 bits per heavy atom. The van der Waals surface area contributed by atoms with Crippen LogP contribution in [0.25, 0.3) is 0 Å². The number of piperidine rings is 1. The summed E-state index contributed by atoms with van der Waals surface area (Å²) in [6.45, 7) is 9.26. The number of carboxylic acid groups (broad SMARTS) is 1. The van der Waals surface area contributed by atoms with Gasteiger partial charge in [-0.15, -0.1) is 0 Å². The fourth-order valence-corrected chi connectivity index (χ4v) is 4.00. The van der Waals surface area contributed by atoms with E-state index in [-0.39, 0.29) is 5.92 Å². The molecule has 26 heavy (non-hydrogen) atoms. The van der Waals surface area contributed by atoms with E-state index in [0.29, 0.717) is 19.0 Å². The number of aliphatic carboxylic acids is 1. The second-order valence-electron chi connectivity index (χ2n) is 7.50. The monoisotopic (exact) mass is 375 g/mol. The Kier molecular flexibility index (Phi) is 5.68. The van der Waals surface area contributed by atoms with E-state index in [9.17, 15) is 9.90 Å². The zero-order valence-electron chi connectivity index (χ0n) is 15.6. The molecule has 1 saturated heterocycles. The van der Waals surface area contributed by atoms with Crippen molar-refractivity contribution in [3.8, 4) is 0 Å². The molecule has 0 aliphatic carbocycles. The Balaban J connectivity index is 1.75. The number of halogens is 1. The van der Waals surface area contributed by atoms with E-state index in [1.165, 1.54) is 5.56 Å². The largest absolute Gasteiger partial charge is 0.481 e. The van der Waals surface area contributed by atoms with Gasteiger partial charge in [-0.3, -0.25) is 14.4 Å². The maximum atomic E-state index is 11.4. The van der Waals surface area contributed by atoms with Crippen LogP contribution in [0.3, 0.4) is 0 Å². The first-order valence-corrected chi connectivity index (χ1v) is 9.43. The summed E-state index contributed by atoms with van der Waals surface area (Å²) in [7, 11) is 0. The van der Waals surface area contributed by atoms with Gasteiger partial charge >= 0.3 is 5.97 Å². The summed E-state index contributed by atoms with van der Waals surface area (Å²) in [6, 6.07) is 7.82. The van der Waals surface area contributed by atoms with Crippen LogP contribution in [-0.4, -0.2) is 38.8 Å². The van der Waals surface area contributed by atoms with Gasteiger partial charge in [-0.05, 0) is 43.9 Å². The van der Waals surface area contributed by atoms with Gasteiger partial charge in [0, 0.05) is 35.9 Å². The molecular formula is C20H26ClN3O2. The van der Waals surface area contributed by atoms with Crippen molar-refractivity contribution in [2.45, 2.75) is 40.3 Å². The highest BCUT2D eigenvalue weighted by Crippen LogP contribution is 2.25. The van der Waals surface area contributed by atoms with Crippen LogP contribution in [0.2, 0.25) is 5.02 Å². The van der Waals surface area contributed by atoms with Gasteiger partial charge in [-0.25, -0.2) is 0 Å². The minimum absolute atomic E-state index is 0.275. The molecule has 2 aromatic rings. The highest BCUT2D eigenvalue weighted by atomic mass is 35.5. The number of rotatable bonds is 5. The maximum absolute atomic E-state index is 11.4. The molecule has 1 N–H and O–H groups in total. The van der Waals surface area contributed by atoms with E-state index in [4.69, 9.17) is 16.7 Å². The second kappa shape index (κ2) is 7.80. The molecule has 5 nitrogen and oxygen atoms in total. The highest BCUT2D eigenvalue weighted by molar-refractivity contribution is 6.30. The lowest BCUT2D eigenvalue weighted by Gasteiger charge is -2.34. The lowest BCUT2D eigenvalue weighted by atomic mass is 9.90. The van der Waals surface area contributed by atoms with Crippen LogP contribution in [0.5, 0.6) is 0 Å². The number of nitrogens with zero attached hydrogens (tertiary/aromatic N) is 3. The summed E-state index contributed by atoms with van der Waals surface area (Å²) >= 11 is 5.96. The Morgan fingerprint density at radius 2 is 1.92 bits per heavy atom. The molecule has 6 heteroatoms. The molecule has 1 fully saturated rings. The number of carboxylic acids is 1. The molecule has 2 heterocycles. The quantitative estimate of drug-likeness (QED) is 0.864. The smallest absolute Gasteiger partial charge is 0.307 e. The molecule has 0 bridgehead atoms. The number of hydrogen-bond acceptors (Lipinski definition) is 3. The molecule has 2 unspecified atom stereocenters. The van der Waals surface area contributed by atoms with Gasteiger partial charge < -0.3 is 5.11 Å². The maximum Gasteiger partial charge on any atom is 0.307 e. The third-order valence-electron chi connectivity index (χ3n) is 5.24. The van der Waals surface area contributed by atoms with Crippen LogP contribution in [0, 0.1) is 25.7 Å². The number of hydrogen-bond donors (Lipinski definition) is 1. The number of carbonyl (C=O) groups is 1. The molecule has 1 aliphatic rings. The van der Waals surface area contributed by atoms with Gasteiger partial charge in [0.15, 0.2) is 0 Å². The minimum atomic E-state index is -0.687. The molecule has 1 aromatic heterocycles. The van der Waals surface area contributed by atoms with Crippen LogP contribution < -0.4 is 0 Å². The van der Waals surface area contributed by atoms with Crippen LogP contribution in [0.15, 0.2) is 24.3 Å². The highest BCUT2D eigenvalue weighted by Gasteiger charge is 2.30. The van der Waals surface area contributed by atoms with E-state index < -0.39 is 5.97 Å². The molecule has 1 aliphatic heterocycles. The molecule has 0 radical (unpaired) electrons. The van der Waals surface area contributed by atoms with Crippen molar-refractivity contribution in [1.29, 1.82) is 0 Å². The third-order valence-corrected chi connectivity index (χ3v) is 5.50. The number of aromatic nitrogens is 2. The molecule has 0 spiro atoms. The Morgan fingerprint density at radius 3 is 2.58 bits per heavy atom. The first-order chi connectivity index (χ1) is 12.3. The number of benzene rings is 1. The predicted molar refractivity (Wildman–Crippen MR) is 102 cm³/mol. The molecule has 0 saturated carbocycles. The van der Waals surface area contributed by atoms with Gasteiger partial charge in [0.2, 0.25) is 0 Å². The van der Waals surface area contributed by atoms with Crippen molar-refractivity contribution in [3.05, 3.63) is 51.8 Å². The molecule has 2 atom stereocenters. The van der Waals surface area contributed by atoms with E-state index in [2.05, 4.69) is 18.7 Å². The van der Waals surface area contributed by atoms with Crippen LogP contribution in [0.4, 0.5) is 0 Å². The van der Waals surface area contributed by atoms with E-state index in [1.807, 2.05) is 35.9 Å². The van der Waals surface area contributed by atoms with Crippen LogP contribution in [0.1, 0.15) is 35.9 Å². The van der Waals surface area contributed by atoms with Gasteiger partial charge in [-0.2, -0.15) is 5.10 Å². The second-order valence-corrected chi connectivity index (χ2v) is 7.94. The topological polar surface area (TPSA) is 58.4 Å². The van der Waals surface area contributed by atoms with Crippen molar-refractivity contribution >= 4 is 17.6 Å². The third kappa shape index (κ3) is 4.27. The molecule has 1 aromatic carbocycles. The summed E-state index contributed by atoms with van der Waals surface area (Å²) in [6.07, 6.45) is 0.764. The fourth-order valence-electron chi connectivity index (χ4n) is 3.87. The Bertz CT molecular complexity index is 785. The summed E-state index contributed by atoms with van der Waals surface area (Å²) in [4.78, 5) is 13.7. The molecule has 140 valence electrons. The van der Waals surface area contributed by atoms with Gasteiger partial charge in [0.25, 0.3) is 0 Å². The number of aryl methyl sites for hydroxylation is 1. The van der Waals surface area contributed by atoms with Gasteiger partial charge in [0.1, 0.15) is 0 Å². The number of likely N-dealkylation sites (tertiary alicyclic amines) is 1. The van der Waals surface area contributed by atoms with Crippen molar-refractivity contribution in [3.63, 3.8) is 0 Å². The average Bonchev–Trinajstić information content (AvgIpc) is 2.84. The van der Waals surface area contributed by atoms with E-state index >= 15 is 0 Å². The van der Waals surface area contributed by atoms with Crippen molar-refractivity contribution in [2.75, 3.05) is 13.1 Å². The van der Waals surface area contributed by atoms with Gasteiger partial charge in [-0.1, -0.05) is 30.7 Å². The summed E-state index contributed by atoms with van der Waals surface area (Å²) in [5.41, 5.74) is 4.52. The summed E-state index contributed by atoms with van der Waals surface area (Å²) < 4.78 is 2.02. The SMILES string of the molecule is Cc1nn(Cc2ccc(Cl)cc2)c(C)c1CN1CC(C)CC(C(=O)O)C1. The van der Waals surface area contributed by atoms with Crippen molar-refractivity contribution in [1.82, 2.24) is 14.7 Å². The molecular weight excluding hydrogens is 350 g/mol. The lowest BCUT2D eigenvalue weighted by Crippen LogP contribution is -2.42. The minimum Gasteiger partial charge on any atom is -0.481 e. The Labute approximate surface area is 159 Å². The van der Waals surface area contributed by atoms with Gasteiger partial charge in [0.05, 0.1) is 18.2 Å². The zero-order valence-corrected chi connectivity index (χ0v) is 16.3. The fraction of sp³-hybridized carbons (Fsp3) is 0.500. The van der Waals surface area contributed by atoms with Crippen molar-refractivity contribution in [2.24, 2.45) is 11.8 Å². The van der Waals surface area contributed by atoms with E-state index in [1.54, 1.807) is 0 Å². The summed E-state index contributed by atoms with van der Waals surface area (Å²) in [5.74, 6) is -0.563. The molecule has 3 rings (SSSR count).